The van der Waals surface area contributed by atoms with Crippen molar-refractivity contribution < 1.29 is 4.79 Å². The van der Waals surface area contributed by atoms with E-state index in [0.717, 1.165) is 30.8 Å². The van der Waals surface area contributed by atoms with Crippen molar-refractivity contribution in [3.63, 3.8) is 0 Å². The molecule has 1 amide bonds. The van der Waals surface area contributed by atoms with E-state index in [1.807, 2.05) is 29.2 Å². The minimum Gasteiger partial charge on any atom is -0.335 e. The summed E-state index contributed by atoms with van der Waals surface area (Å²) in [5.41, 5.74) is 6.81. The first-order valence-electron chi connectivity index (χ1n) is 9.09. The zero-order chi connectivity index (χ0) is 18.9. The van der Waals surface area contributed by atoms with Crippen LogP contribution < -0.4 is 5.73 Å². The second-order valence-corrected chi connectivity index (χ2v) is 7.98. The number of hydrogen-bond donors (Lipinski definition) is 1. The number of halogens is 2. The highest BCUT2D eigenvalue weighted by Crippen LogP contribution is 2.28. The third-order valence-corrected chi connectivity index (χ3v) is 5.34. The average Bonchev–Trinajstić information content (AvgIpc) is 3.01. The van der Waals surface area contributed by atoms with Gasteiger partial charge in [0.25, 0.3) is 5.91 Å². The van der Waals surface area contributed by atoms with Gasteiger partial charge in [-0.15, -0.1) is 17.5 Å². The molecule has 148 valence electrons. The predicted octanol–water partition coefficient (Wildman–Crippen LogP) is 3.49. The van der Waals surface area contributed by atoms with Gasteiger partial charge in [0.1, 0.15) is 5.82 Å². The number of hydrogen-bond acceptors (Lipinski definition) is 4. The van der Waals surface area contributed by atoms with Gasteiger partial charge in [-0.2, -0.15) is 0 Å². The SMILES string of the molecule is CCCc1nc(C(=O)N2CCC(N)C(C)(C)C2)nn1-c1ccccc1Cl.Cl. The van der Waals surface area contributed by atoms with Crippen LogP contribution in [0.4, 0.5) is 0 Å². The fraction of sp³-hybridized carbons (Fsp3) is 0.526. The second kappa shape index (κ2) is 8.59. The molecule has 0 radical (unpaired) electrons. The van der Waals surface area contributed by atoms with Crippen molar-refractivity contribution in [3.8, 4) is 5.69 Å². The van der Waals surface area contributed by atoms with Crippen LogP contribution in [0.1, 0.15) is 50.1 Å². The lowest BCUT2D eigenvalue weighted by atomic mass is 9.79. The molecule has 3 rings (SSSR count). The van der Waals surface area contributed by atoms with Crippen LogP contribution in [0.25, 0.3) is 5.69 Å². The molecule has 0 spiro atoms. The Bertz CT molecular complexity index is 805. The topological polar surface area (TPSA) is 77.0 Å². The van der Waals surface area contributed by atoms with Crippen LogP contribution >= 0.6 is 24.0 Å². The minimum absolute atomic E-state index is 0. The maximum absolute atomic E-state index is 13.0. The second-order valence-electron chi connectivity index (χ2n) is 7.58. The van der Waals surface area contributed by atoms with Crippen molar-refractivity contribution in [2.24, 2.45) is 11.1 Å². The van der Waals surface area contributed by atoms with Gasteiger partial charge in [-0.3, -0.25) is 4.79 Å². The molecule has 0 bridgehead atoms. The summed E-state index contributed by atoms with van der Waals surface area (Å²) in [4.78, 5) is 19.3. The van der Waals surface area contributed by atoms with Gasteiger partial charge in [-0.25, -0.2) is 9.67 Å². The number of aryl methyl sites for hydroxylation is 1. The Morgan fingerprint density at radius 3 is 2.70 bits per heavy atom. The van der Waals surface area contributed by atoms with E-state index in [0.29, 0.717) is 18.1 Å². The molecule has 0 saturated carbocycles. The van der Waals surface area contributed by atoms with Gasteiger partial charge in [0.15, 0.2) is 0 Å². The lowest BCUT2D eigenvalue weighted by Gasteiger charge is -2.42. The molecule has 1 aliphatic rings. The normalized spacial score (nSPS) is 18.9. The van der Waals surface area contributed by atoms with E-state index in [4.69, 9.17) is 17.3 Å². The van der Waals surface area contributed by atoms with Crippen LogP contribution in [0, 0.1) is 5.41 Å². The molecular formula is C19H27Cl2N5O. The van der Waals surface area contributed by atoms with Crippen LogP contribution in [-0.4, -0.2) is 44.7 Å². The minimum atomic E-state index is -0.145. The number of carbonyl (C=O) groups excluding carboxylic acids is 1. The average molecular weight is 412 g/mol. The Morgan fingerprint density at radius 2 is 2.07 bits per heavy atom. The lowest BCUT2D eigenvalue weighted by Crippen LogP contribution is -2.54. The molecule has 6 nitrogen and oxygen atoms in total. The van der Waals surface area contributed by atoms with Crippen LogP contribution in [0.2, 0.25) is 5.02 Å². The number of para-hydroxylation sites is 1. The quantitative estimate of drug-likeness (QED) is 0.834. The highest BCUT2D eigenvalue weighted by atomic mass is 35.5. The van der Waals surface area contributed by atoms with E-state index in [1.165, 1.54) is 0 Å². The highest BCUT2D eigenvalue weighted by molar-refractivity contribution is 6.32. The monoisotopic (exact) mass is 411 g/mol. The molecule has 2 N–H and O–H groups in total. The Morgan fingerprint density at radius 1 is 1.37 bits per heavy atom. The molecule has 27 heavy (non-hydrogen) atoms. The summed E-state index contributed by atoms with van der Waals surface area (Å²) in [6.45, 7) is 7.50. The Balaban J connectivity index is 0.00000261. The number of nitrogens with zero attached hydrogens (tertiary/aromatic N) is 4. The molecule has 1 atom stereocenters. The van der Waals surface area contributed by atoms with E-state index in [9.17, 15) is 4.79 Å². The molecule has 1 aliphatic heterocycles. The maximum atomic E-state index is 13.0. The number of amides is 1. The first kappa shape index (κ1) is 21.7. The van der Waals surface area contributed by atoms with Crippen LogP contribution in [0.3, 0.4) is 0 Å². The fourth-order valence-electron chi connectivity index (χ4n) is 3.33. The van der Waals surface area contributed by atoms with Gasteiger partial charge in [0, 0.05) is 25.6 Å². The molecule has 2 aromatic rings. The number of nitrogens with two attached hydrogens (primary N) is 1. The first-order valence-corrected chi connectivity index (χ1v) is 9.47. The van der Waals surface area contributed by atoms with Crippen molar-refractivity contribution in [2.75, 3.05) is 13.1 Å². The van der Waals surface area contributed by atoms with Crippen molar-refractivity contribution >= 4 is 29.9 Å². The number of rotatable bonds is 4. The smallest absolute Gasteiger partial charge is 0.293 e. The largest absolute Gasteiger partial charge is 0.335 e. The number of benzene rings is 1. The highest BCUT2D eigenvalue weighted by Gasteiger charge is 2.36. The Hall–Kier alpha value is -1.63. The molecule has 8 heteroatoms. The zero-order valence-corrected chi connectivity index (χ0v) is 17.6. The molecule has 1 fully saturated rings. The molecule has 0 aliphatic carbocycles. The van der Waals surface area contributed by atoms with Gasteiger partial charge < -0.3 is 10.6 Å². The van der Waals surface area contributed by atoms with Crippen molar-refractivity contribution in [2.45, 2.75) is 46.1 Å². The van der Waals surface area contributed by atoms with Crippen molar-refractivity contribution in [3.05, 3.63) is 40.9 Å². The molecule has 2 heterocycles. The van der Waals surface area contributed by atoms with Gasteiger partial charge in [-0.1, -0.05) is 44.5 Å². The summed E-state index contributed by atoms with van der Waals surface area (Å²) in [7, 11) is 0. The maximum Gasteiger partial charge on any atom is 0.293 e. The van der Waals surface area contributed by atoms with E-state index in [-0.39, 0.29) is 35.6 Å². The van der Waals surface area contributed by atoms with Gasteiger partial charge in [0.05, 0.1) is 10.7 Å². The molecule has 1 aromatic carbocycles. The number of piperidine rings is 1. The summed E-state index contributed by atoms with van der Waals surface area (Å²) in [6, 6.07) is 7.55. The molecule has 1 unspecified atom stereocenters. The van der Waals surface area contributed by atoms with E-state index in [1.54, 1.807) is 4.68 Å². The standard InChI is InChI=1S/C19H26ClN5O.ClH/c1-4-7-16-22-17(23-25(16)14-9-6-5-8-13(14)20)18(26)24-11-10-15(21)19(2,3)12-24;/h5-6,8-9,15H,4,7,10-12,21H2,1-3H3;1H. The van der Waals surface area contributed by atoms with Crippen molar-refractivity contribution in [1.29, 1.82) is 0 Å². The summed E-state index contributed by atoms with van der Waals surface area (Å²) in [5.74, 6) is 0.824. The van der Waals surface area contributed by atoms with Crippen LogP contribution in [0.5, 0.6) is 0 Å². The zero-order valence-electron chi connectivity index (χ0n) is 16.0. The summed E-state index contributed by atoms with van der Waals surface area (Å²) in [6.07, 6.45) is 2.41. The Labute approximate surface area is 171 Å². The summed E-state index contributed by atoms with van der Waals surface area (Å²) >= 11 is 6.32. The van der Waals surface area contributed by atoms with Crippen LogP contribution in [-0.2, 0) is 6.42 Å². The predicted molar refractivity (Wildman–Crippen MR) is 110 cm³/mol. The van der Waals surface area contributed by atoms with Crippen LogP contribution in [0.15, 0.2) is 24.3 Å². The summed E-state index contributed by atoms with van der Waals surface area (Å²) in [5, 5.41) is 5.08. The third-order valence-electron chi connectivity index (χ3n) is 5.02. The first-order chi connectivity index (χ1) is 12.3. The molecule has 1 saturated heterocycles. The number of likely N-dealkylation sites (tertiary alicyclic amines) is 1. The van der Waals surface area contributed by atoms with E-state index < -0.39 is 0 Å². The fourth-order valence-corrected chi connectivity index (χ4v) is 3.54. The van der Waals surface area contributed by atoms with Gasteiger partial charge in [0.2, 0.25) is 5.82 Å². The van der Waals surface area contributed by atoms with Gasteiger partial charge >= 0.3 is 0 Å². The third kappa shape index (κ3) is 4.45. The lowest BCUT2D eigenvalue weighted by molar-refractivity contribution is 0.0521. The number of aromatic nitrogens is 3. The van der Waals surface area contributed by atoms with E-state index >= 15 is 0 Å². The molecular weight excluding hydrogens is 385 g/mol. The van der Waals surface area contributed by atoms with Gasteiger partial charge in [-0.05, 0) is 30.4 Å². The molecule has 1 aromatic heterocycles. The van der Waals surface area contributed by atoms with E-state index in [2.05, 4.69) is 30.9 Å². The number of carbonyl (C=O) groups is 1. The summed E-state index contributed by atoms with van der Waals surface area (Å²) < 4.78 is 1.69. The Kier molecular flexibility index (Phi) is 6.89. The van der Waals surface area contributed by atoms with Crippen molar-refractivity contribution in [1.82, 2.24) is 19.7 Å².